The minimum atomic E-state index is -4.24. The van der Waals surface area contributed by atoms with Crippen LogP contribution in [0.4, 0.5) is 0 Å². The van der Waals surface area contributed by atoms with Crippen LogP contribution >= 0.6 is 0 Å². The number of hydrogen-bond acceptors (Lipinski definition) is 9. The second-order valence-corrected chi connectivity index (χ2v) is 17.6. The van der Waals surface area contributed by atoms with Crippen molar-refractivity contribution in [1.29, 1.82) is 5.41 Å². The van der Waals surface area contributed by atoms with Crippen LogP contribution in [0, 0.1) is 5.41 Å². The molecule has 252 valence electrons. The zero-order valence-corrected chi connectivity index (χ0v) is 28.3. The number of amidine groups is 1. The van der Waals surface area contributed by atoms with Gasteiger partial charge in [-0.15, -0.1) is 0 Å². The highest BCUT2D eigenvalue weighted by atomic mass is 32.2. The summed E-state index contributed by atoms with van der Waals surface area (Å²) in [4.78, 5) is 41.3. The van der Waals surface area contributed by atoms with Crippen LogP contribution in [0.2, 0.25) is 19.1 Å². The largest absolute Gasteiger partial charge is 0.497 e. The van der Waals surface area contributed by atoms with Gasteiger partial charge in [0.1, 0.15) is 23.7 Å². The van der Waals surface area contributed by atoms with Crippen molar-refractivity contribution in [1.82, 2.24) is 20.3 Å². The Labute approximate surface area is 271 Å². The number of amides is 3. The first kappa shape index (κ1) is 36.6. The SMILES string of the molecule is COc1ccc(S(=O)(=O)N[C@@H](CC(=O)NCCO[Si](C)(C)CCN)C(=O)N2CCC[C@H]2C(=O)NCc2ccc(C(=N)N)cc2)cc1. The first-order valence-corrected chi connectivity index (χ1v) is 19.6. The Kier molecular flexibility index (Phi) is 13.3. The molecule has 14 nitrogen and oxygen atoms in total. The standard InChI is InChI=1S/C30H45N7O7SSi/c1-43-23-10-12-24(13-11-23)45(41,42)36-25(19-27(38)34-15-17-44-46(2,3)18-14-31)30(40)37-16-4-5-26(37)29(39)35-20-21-6-8-22(9-7-21)28(32)33/h6-13,25-26,36H,4-5,14-20,31H2,1-3H3,(H3,32,33)(H,34,38)(H,35,39)/t25-,26-/m0/s1. The first-order chi connectivity index (χ1) is 21.8. The number of hydrogen-bond donors (Lipinski definition) is 6. The Bertz CT molecular complexity index is 1470. The summed E-state index contributed by atoms with van der Waals surface area (Å²) in [7, 11) is -4.75. The number of carbonyl (C=O) groups is 3. The van der Waals surface area contributed by atoms with Crippen LogP contribution < -0.4 is 31.6 Å². The molecular formula is C30H45N7O7SSi. The van der Waals surface area contributed by atoms with Gasteiger partial charge in [0, 0.05) is 25.2 Å². The van der Waals surface area contributed by atoms with Crippen molar-refractivity contribution in [2.75, 3.05) is 33.4 Å². The number of nitrogens with two attached hydrogens (primary N) is 2. The molecule has 1 heterocycles. The molecule has 2 atom stereocenters. The van der Waals surface area contributed by atoms with Gasteiger partial charge in [-0.3, -0.25) is 19.8 Å². The van der Waals surface area contributed by atoms with E-state index in [1.54, 1.807) is 24.3 Å². The summed E-state index contributed by atoms with van der Waals surface area (Å²) in [6.07, 6.45) is 0.428. The maximum absolute atomic E-state index is 13.9. The van der Waals surface area contributed by atoms with E-state index in [1.807, 2.05) is 13.1 Å². The quantitative estimate of drug-likeness (QED) is 0.0598. The van der Waals surface area contributed by atoms with Crippen molar-refractivity contribution in [3.63, 3.8) is 0 Å². The predicted molar refractivity (Wildman–Crippen MR) is 176 cm³/mol. The molecule has 1 aliphatic rings. The monoisotopic (exact) mass is 675 g/mol. The molecule has 1 fully saturated rings. The van der Waals surface area contributed by atoms with Crippen LogP contribution in [0.3, 0.4) is 0 Å². The fourth-order valence-electron chi connectivity index (χ4n) is 5.00. The third-order valence-corrected chi connectivity index (χ3v) is 11.6. The van der Waals surface area contributed by atoms with Crippen molar-refractivity contribution >= 4 is 41.9 Å². The maximum Gasteiger partial charge on any atom is 0.243 e. The number of sulfonamides is 1. The van der Waals surface area contributed by atoms with Crippen molar-refractivity contribution < 1.29 is 32.0 Å². The smallest absolute Gasteiger partial charge is 0.243 e. The highest BCUT2D eigenvalue weighted by Gasteiger charge is 2.39. The summed E-state index contributed by atoms with van der Waals surface area (Å²) in [5.41, 5.74) is 12.5. The molecule has 1 saturated heterocycles. The average molecular weight is 676 g/mol. The molecule has 0 bridgehead atoms. The maximum atomic E-state index is 13.9. The summed E-state index contributed by atoms with van der Waals surface area (Å²) in [6, 6.07) is 10.9. The van der Waals surface area contributed by atoms with Crippen molar-refractivity contribution in [2.45, 2.75) is 61.9 Å². The lowest BCUT2D eigenvalue weighted by Crippen LogP contribution is -2.54. The van der Waals surface area contributed by atoms with Crippen LogP contribution in [-0.4, -0.2) is 90.6 Å². The lowest BCUT2D eigenvalue weighted by atomic mass is 10.1. The molecule has 2 aromatic carbocycles. The highest BCUT2D eigenvalue weighted by molar-refractivity contribution is 7.89. The van der Waals surface area contributed by atoms with Crippen LogP contribution in [0.1, 0.15) is 30.4 Å². The van der Waals surface area contributed by atoms with E-state index < -0.39 is 54.6 Å². The predicted octanol–water partition coefficient (Wildman–Crippen LogP) is 0.620. The summed E-state index contributed by atoms with van der Waals surface area (Å²) in [5.74, 6) is -1.24. The Morgan fingerprint density at radius 1 is 1.09 bits per heavy atom. The third kappa shape index (κ3) is 10.6. The van der Waals surface area contributed by atoms with E-state index in [9.17, 15) is 22.8 Å². The van der Waals surface area contributed by atoms with Crippen molar-refractivity contribution in [3.05, 3.63) is 59.7 Å². The Morgan fingerprint density at radius 3 is 2.37 bits per heavy atom. The molecule has 1 aliphatic heterocycles. The van der Waals surface area contributed by atoms with Crippen LogP contribution in [-0.2, 0) is 35.4 Å². The average Bonchev–Trinajstić information content (AvgIpc) is 3.51. The molecular weight excluding hydrogens is 631 g/mol. The topological polar surface area (TPSA) is 219 Å². The number of ether oxygens (including phenoxy) is 1. The molecule has 0 unspecified atom stereocenters. The Balaban J connectivity index is 1.72. The summed E-state index contributed by atoms with van der Waals surface area (Å²) in [6.45, 7) is 5.39. The van der Waals surface area contributed by atoms with Gasteiger partial charge in [0.25, 0.3) is 0 Å². The lowest BCUT2D eigenvalue weighted by molar-refractivity contribution is -0.140. The lowest BCUT2D eigenvalue weighted by Gasteiger charge is -2.28. The van der Waals surface area contributed by atoms with Crippen molar-refractivity contribution in [2.24, 2.45) is 11.5 Å². The number of likely N-dealkylation sites (tertiary alicyclic amines) is 1. The van der Waals surface area contributed by atoms with E-state index in [1.165, 1.54) is 36.3 Å². The van der Waals surface area contributed by atoms with Crippen LogP contribution in [0.15, 0.2) is 53.4 Å². The molecule has 16 heteroatoms. The van der Waals surface area contributed by atoms with E-state index >= 15 is 0 Å². The molecule has 0 aliphatic carbocycles. The van der Waals surface area contributed by atoms with Gasteiger partial charge in [0.05, 0.1) is 25.0 Å². The molecule has 3 amide bonds. The molecule has 46 heavy (non-hydrogen) atoms. The van der Waals surface area contributed by atoms with Gasteiger partial charge in [-0.05, 0) is 68.4 Å². The molecule has 3 rings (SSSR count). The van der Waals surface area contributed by atoms with Gasteiger partial charge in [0.2, 0.25) is 27.7 Å². The van der Waals surface area contributed by atoms with Gasteiger partial charge in [-0.25, -0.2) is 8.42 Å². The summed E-state index contributed by atoms with van der Waals surface area (Å²) >= 11 is 0. The molecule has 0 spiro atoms. The zero-order chi connectivity index (χ0) is 33.9. The van der Waals surface area contributed by atoms with E-state index in [0.29, 0.717) is 30.7 Å². The van der Waals surface area contributed by atoms with E-state index in [4.69, 9.17) is 26.0 Å². The van der Waals surface area contributed by atoms with Crippen LogP contribution in [0.5, 0.6) is 5.75 Å². The van der Waals surface area contributed by atoms with Crippen molar-refractivity contribution in [3.8, 4) is 5.75 Å². The molecule has 0 radical (unpaired) electrons. The number of benzene rings is 2. The second kappa shape index (κ2) is 16.6. The first-order valence-electron chi connectivity index (χ1n) is 15.0. The molecule has 0 aromatic heterocycles. The van der Waals surface area contributed by atoms with Gasteiger partial charge >= 0.3 is 0 Å². The molecule has 8 N–H and O–H groups in total. The number of nitrogen functional groups attached to an aromatic ring is 1. The Hall–Kier alpha value is -3.83. The van der Waals surface area contributed by atoms with Gasteiger partial charge in [-0.2, -0.15) is 4.72 Å². The normalized spacial score (nSPS) is 15.7. The number of rotatable bonds is 17. The fraction of sp³-hybridized carbons (Fsp3) is 0.467. The molecule has 2 aromatic rings. The van der Waals surface area contributed by atoms with E-state index in [0.717, 1.165) is 11.6 Å². The highest BCUT2D eigenvalue weighted by Crippen LogP contribution is 2.21. The minimum absolute atomic E-state index is 0.0667. The minimum Gasteiger partial charge on any atom is -0.497 e. The number of nitrogens with one attached hydrogen (secondary N) is 4. The third-order valence-electron chi connectivity index (χ3n) is 7.59. The summed E-state index contributed by atoms with van der Waals surface area (Å²) in [5, 5.41) is 13.0. The second-order valence-electron chi connectivity index (χ2n) is 11.6. The summed E-state index contributed by atoms with van der Waals surface area (Å²) < 4.78 is 40.1. The number of carbonyl (C=O) groups excluding carboxylic acids is 3. The van der Waals surface area contributed by atoms with E-state index in [-0.39, 0.29) is 37.0 Å². The fourth-order valence-corrected chi connectivity index (χ4v) is 7.68. The molecule has 0 saturated carbocycles. The number of methoxy groups -OCH3 is 1. The van der Waals surface area contributed by atoms with Gasteiger partial charge in [0.15, 0.2) is 8.32 Å². The Morgan fingerprint density at radius 2 is 1.76 bits per heavy atom. The number of nitrogens with zero attached hydrogens (tertiary/aromatic N) is 1. The van der Waals surface area contributed by atoms with Crippen LogP contribution in [0.25, 0.3) is 0 Å². The van der Waals surface area contributed by atoms with Gasteiger partial charge in [-0.1, -0.05) is 24.3 Å². The van der Waals surface area contributed by atoms with E-state index in [2.05, 4.69) is 15.4 Å². The van der Waals surface area contributed by atoms with Gasteiger partial charge < -0.3 is 36.2 Å². The zero-order valence-electron chi connectivity index (χ0n) is 26.5.